The molecule has 0 spiro atoms. The summed E-state index contributed by atoms with van der Waals surface area (Å²) in [6.45, 7) is 5.42. The molecule has 158 valence electrons. The zero-order valence-electron chi connectivity index (χ0n) is 17.7. The quantitative estimate of drug-likeness (QED) is 0.465. The van der Waals surface area contributed by atoms with E-state index in [0.29, 0.717) is 19.0 Å². The zero-order chi connectivity index (χ0) is 21.6. The number of benzene rings is 2. The molecule has 2 heterocycles. The van der Waals surface area contributed by atoms with Crippen LogP contribution in [0.3, 0.4) is 0 Å². The van der Waals surface area contributed by atoms with Crippen LogP contribution in [0.25, 0.3) is 5.69 Å². The second-order valence-corrected chi connectivity index (χ2v) is 7.69. The average molecular weight is 415 g/mol. The van der Waals surface area contributed by atoms with Gasteiger partial charge in [-0.05, 0) is 41.5 Å². The maximum Gasteiger partial charge on any atom is 0.319 e. The first kappa shape index (κ1) is 20.4. The van der Waals surface area contributed by atoms with Gasteiger partial charge in [0.15, 0.2) is 0 Å². The fourth-order valence-electron chi connectivity index (χ4n) is 3.44. The number of carbonyl (C=O) groups is 1. The van der Waals surface area contributed by atoms with Gasteiger partial charge in [-0.1, -0.05) is 38.1 Å². The smallest absolute Gasteiger partial charge is 0.319 e. The van der Waals surface area contributed by atoms with E-state index in [1.54, 1.807) is 10.9 Å². The second kappa shape index (κ2) is 9.30. The Morgan fingerprint density at radius 2 is 1.84 bits per heavy atom. The van der Waals surface area contributed by atoms with Gasteiger partial charge in [-0.3, -0.25) is 0 Å². The van der Waals surface area contributed by atoms with Crippen molar-refractivity contribution in [2.75, 3.05) is 5.32 Å². The summed E-state index contributed by atoms with van der Waals surface area (Å²) in [4.78, 5) is 16.8. The molecule has 2 aromatic heterocycles. The van der Waals surface area contributed by atoms with E-state index in [1.807, 2.05) is 73.2 Å². The molecular weight excluding hydrogens is 388 g/mol. The molecule has 31 heavy (non-hydrogen) atoms. The Labute approximate surface area is 181 Å². The summed E-state index contributed by atoms with van der Waals surface area (Å²) < 4.78 is 3.93. The summed E-state index contributed by atoms with van der Waals surface area (Å²) in [6.07, 6.45) is 7.45. The molecule has 0 unspecified atom stereocenters. The number of imidazole rings is 1. The number of amides is 2. The molecule has 0 aliphatic carbocycles. The highest BCUT2D eigenvalue weighted by atomic mass is 16.2. The van der Waals surface area contributed by atoms with Gasteiger partial charge in [0, 0.05) is 49.5 Å². The van der Waals surface area contributed by atoms with E-state index in [-0.39, 0.29) is 6.03 Å². The number of hydrogen-bond donors (Lipinski definition) is 2. The van der Waals surface area contributed by atoms with Crippen molar-refractivity contribution >= 4 is 11.7 Å². The number of rotatable bonds is 7. The van der Waals surface area contributed by atoms with Gasteiger partial charge in [-0.2, -0.15) is 5.10 Å². The summed E-state index contributed by atoms with van der Waals surface area (Å²) in [5.41, 5.74) is 3.86. The summed E-state index contributed by atoms with van der Waals surface area (Å²) in [5, 5.41) is 10.0. The first-order valence-electron chi connectivity index (χ1n) is 10.3. The minimum atomic E-state index is -0.237. The van der Waals surface area contributed by atoms with Gasteiger partial charge in [0.1, 0.15) is 5.82 Å². The highest BCUT2D eigenvalue weighted by Crippen LogP contribution is 2.16. The summed E-state index contributed by atoms with van der Waals surface area (Å²) in [7, 11) is 0. The van der Waals surface area contributed by atoms with Crippen LogP contribution in [0.4, 0.5) is 10.5 Å². The Morgan fingerprint density at radius 3 is 2.58 bits per heavy atom. The van der Waals surface area contributed by atoms with E-state index in [0.717, 1.165) is 28.3 Å². The van der Waals surface area contributed by atoms with E-state index >= 15 is 0 Å². The molecule has 0 aliphatic heterocycles. The second-order valence-electron chi connectivity index (χ2n) is 7.69. The van der Waals surface area contributed by atoms with Crippen molar-refractivity contribution in [2.24, 2.45) is 0 Å². The molecule has 0 atom stereocenters. The number of carbonyl (C=O) groups excluding carboxylic acids is 1. The summed E-state index contributed by atoms with van der Waals surface area (Å²) in [6, 6.07) is 17.4. The molecule has 4 rings (SSSR count). The molecule has 0 saturated heterocycles. The third-order valence-corrected chi connectivity index (χ3v) is 4.96. The number of nitrogens with one attached hydrogen (secondary N) is 2. The predicted octanol–water partition coefficient (Wildman–Crippen LogP) is 4.56. The van der Waals surface area contributed by atoms with Crippen LogP contribution < -0.4 is 10.6 Å². The summed E-state index contributed by atoms with van der Waals surface area (Å²) >= 11 is 0. The number of urea groups is 1. The van der Waals surface area contributed by atoms with E-state index in [4.69, 9.17) is 0 Å². The van der Waals surface area contributed by atoms with Crippen LogP contribution in [0.5, 0.6) is 0 Å². The maximum absolute atomic E-state index is 12.4. The van der Waals surface area contributed by atoms with E-state index in [1.165, 1.54) is 0 Å². The highest BCUT2D eigenvalue weighted by molar-refractivity contribution is 5.89. The van der Waals surface area contributed by atoms with Gasteiger partial charge in [-0.15, -0.1) is 0 Å². The molecule has 2 amide bonds. The van der Waals surface area contributed by atoms with Crippen LogP contribution in [0.15, 0.2) is 79.4 Å². The lowest BCUT2D eigenvalue weighted by atomic mass is 10.1. The molecule has 7 nitrogen and oxygen atoms in total. The van der Waals surface area contributed by atoms with Crippen molar-refractivity contribution in [1.29, 1.82) is 0 Å². The Hall–Kier alpha value is -3.87. The minimum Gasteiger partial charge on any atom is -0.334 e. The molecule has 0 fully saturated rings. The molecule has 4 aromatic rings. The van der Waals surface area contributed by atoms with E-state index < -0.39 is 0 Å². The maximum atomic E-state index is 12.4. The number of hydrogen-bond acceptors (Lipinski definition) is 3. The SMILES string of the molecule is CC(C)c1nccn1Cc1cccc(NC(=O)NCc2ccc(-n3cccn3)cc2)c1. The molecule has 0 aliphatic rings. The van der Waals surface area contributed by atoms with Crippen LogP contribution in [0, 0.1) is 0 Å². The van der Waals surface area contributed by atoms with Crippen LogP contribution >= 0.6 is 0 Å². The Morgan fingerprint density at radius 1 is 1.00 bits per heavy atom. The molecule has 0 radical (unpaired) electrons. The van der Waals surface area contributed by atoms with Crippen LogP contribution in [0.1, 0.15) is 36.7 Å². The summed E-state index contributed by atoms with van der Waals surface area (Å²) in [5.74, 6) is 1.41. The first-order chi connectivity index (χ1) is 15.1. The molecule has 0 bridgehead atoms. The topological polar surface area (TPSA) is 76.8 Å². The van der Waals surface area contributed by atoms with Crippen LogP contribution in [0.2, 0.25) is 0 Å². The Balaban J connectivity index is 1.32. The first-order valence-corrected chi connectivity index (χ1v) is 10.3. The highest BCUT2D eigenvalue weighted by Gasteiger charge is 2.08. The van der Waals surface area contributed by atoms with Crippen molar-refractivity contribution in [2.45, 2.75) is 32.9 Å². The third kappa shape index (κ3) is 5.19. The molecule has 2 aromatic carbocycles. The van der Waals surface area contributed by atoms with E-state index in [9.17, 15) is 4.79 Å². The van der Waals surface area contributed by atoms with Gasteiger partial charge in [0.2, 0.25) is 0 Å². The lowest BCUT2D eigenvalue weighted by Crippen LogP contribution is -2.28. The van der Waals surface area contributed by atoms with Crippen molar-refractivity contribution in [3.05, 3.63) is 96.3 Å². The van der Waals surface area contributed by atoms with Gasteiger partial charge >= 0.3 is 6.03 Å². The van der Waals surface area contributed by atoms with Crippen LogP contribution in [-0.2, 0) is 13.1 Å². The van der Waals surface area contributed by atoms with Crippen molar-refractivity contribution in [3.8, 4) is 5.69 Å². The average Bonchev–Trinajstić information content (AvgIpc) is 3.45. The van der Waals surface area contributed by atoms with Gasteiger partial charge < -0.3 is 15.2 Å². The lowest BCUT2D eigenvalue weighted by molar-refractivity contribution is 0.251. The van der Waals surface area contributed by atoms with Crippen molar-refractivity contribution < 1.29 is 4.79 Å². The van der Waals surface area contributed by atoms with Crippen LogP contribution in [-0.4, -0.2) is 25.4 Å². The normalized spacial score (nSPS) is 10.9. The molecule has 7 heteroatoms. The largest absolute Gasteiger partial charge is 0.334 e. The standard InChI is InChI=1S/C24H26N6O/c1-18(2)23-25-12-14-29(23)17-20-5-3-6-21(15-20)28-24(31)26-16-19-7-9-22(10-8-19)30-13-4-11-27-30/h3-15,18H,16-17H2,1-2H3,(H2,26,28,31). The van der Waals surface area contributed by atoms with Gasteiger partial charge in [0.25, 0.3) is 0 Å². The minimum absolute atomic E-state index is 0.237. The number of aromatic nitrogens is 4. The number of nitrogens with zero attached hydrogens (tertiary/aromatic N) is 4. The fourth-order valence-corrected chi connectivity index (χ4v) is 3.44. The van der Waals surface area contributed by atoms with Crippen molar-refractivity contribution in [3.63, 3.8) is 0 Å². The monoisotopic (exact) mass is 414 g/mol. The zero-order valence-corrected chi connectivity index (χ0v) is 17.7. The third-order valence-electron chi connectivity index (χ3n) is 4.96. The molecule has 0 saturated carbocycles. The Bertz CT molecular complexity index is 1130. The predicted molar refractivity (Wildman–Crippen MR) is 121 cm³/mol. The van der Waals surface area contributed by atoms with Gasteiger partial charge in [0.05, 0.1) is 5.69 Å². The lowest BCUT2D eigenvalue weighted by Gasteiger charge is -2.12. The van der Waals surface area contributed by atoms with E-state index in [2.05, 4.69) is 39.1 Å². The fraction of sp³-hybridized carbons (Fsp3) is 0.208. The molecule has 2 N–H and O–H groups in total. The van der Waals surface area contributed by atoms with Crippen molar-refractivity contribution in [1.82, 2.24) is 24.6 Å². The number of anilines is 1. The molecular formula is C24H26N6O. The Kier molecular flexibility index (Phi) is 6.12. The van der Waals surface area contributed by atoms with Gasteiger partial charge in [-0.25, -0.2) is 14.5 Å².